The van der Waals surface area contributed by atoms with Crippen LogP contribution in [-0.4, -0.2) is 57.7 Å². The summed E-state index contributed by atoms with van der Waals surface area (Å²) < 4.78 is 5.90. The molecule has 2 aromatic heterocycles. The van der Waals surface area contributed by atoms with Crippen LogP contribution in [0.2, 0.25) is 5.02 Å². The molecule has 192 valence electrons. The quantitative estimate of drug-likeness (QED) is 0.218. The van der Waals surface area contributed by atoms with E-state index in [4.69, 9.17) is 26.3 Å². The predicted molar refractivity (Wildman–Crippen MR) is 150 cm³/mol. The molecule has 8 nitrogen and oxygen atoms in total. The number of ether oxygens (including phenoxy) is 1. The number of halogens is 1. The smallest absolute Gasteiger partial charge is 0.227 e. The fourth-order valence-corrected chi connectivity index (χ4v) is 5.49. The van der Waals surface area contributed by atoms with Crippen molar-refractivity contribution in [3.63, 3.8) is 0 Å². The van der Waals surface area contributed by atoms with Crippen LogP contribution in [0.1, 0.15) is 19.8 Å². The number of anilines is 3. The van der Waals surface area contributed by atoms with Crippen molar-refractivity contribution in [2.75, 3.05) is 43.4 Å². The van der Waals surface area contributed by atoms with Crippen LogP contribution in [0.5, 0.6) is 11.5 Å². The number of rotatable bonds is 10. The number of aromatic hydroxyl groups is 1. The summed E-state index contributed by atoms with van der Waals surface area (Å²) in [6, 6.07) is 14.5. The minimum atomic E-state index is 0.187. The molecular formula is C27H29ClN6O2S. The van der Waals surface area contributed by atoms with Crippen molar-refractivity contribution in [2.24, 2.45) is 0 Å². The molecule has 1 fully saturated rings. The molecule has 4 aromatic rings. The highest BCUT2D eigenvalue weighted by atomic mass is 35.5. The van der Waals surface area contributed by atoms with Crippen LogP contribution >= 0.6 is 22.9 Å². The van der Waals surface area contributed by atoms with Crippen LogP contribution in [0, 0.1) is 0 Å². The first-order chi connectivity index (χ1) is 18.1. The van der Waals surface area contributed by atoms with Gasteiger partial charge in [0.25, 0.3) is 0 Å². The molecular weight excluding hydrogens is 508 g/mol. The van der Waals surface area contributed by atoms with Crippen molar-refractivity contribution in [1.29, 1.82) is 0 Å². The molecule has 0 bridgehead atoms. The van der Waals surface area contributed by atoms with E-state index in [1.54, 1.807) is 24.4 Å². The maximum atomic E-state index is 10.00. The first-order valence-corrected chi connectivity index (χ1v) is 13.6. The Kier molecular flexibility index (Phi) is 8.03. The van der Waals surface area contributed by atoms with E-state index >= 15 is 0 Å². The van der Waals surface area contributed by atoms with E-state index in [9.17, 15) is 5.11 Å². The van der Waals surface area contributed by atoms with Gasteiger partial charge < -0.3 is 20.5 Å². The van der Waals surface area contributed by atoms with Gasteiger partial charge in [-0.05, 0) is 69.3 Å². The third-order valence-corrected chi connectivity index (χ3v) is 7.35. The molecule has 2 aromatic carbocycles. The molecule has 0 spiro atoms. The monoisotopic (exact) mass is 536 g/mol. The average Bonchev–Trinajstić information content (AvgIpc) is 3.56. The summed E-state index contributed by atoms with van der Waals surface area (Å²) in [7, 11) is 0. The number of nitrogens with one attached hydrogen (secondary N) is 2. The number of benzene rings is 2. The molecule has 0 unspecified atom stereocenters. The Balaban J connectivity index is 1.33. The second-order valence-corrected chi connectivity index (χ2v) is 10.1. The summed E-state index contributed by atoms with van der Waals surface area (Å²) in [6.45, 7) is 6.59. The van der Waals surface area contributed by atoms with Crippen molar-refractivity contribution in [3.8, 4) is 33.3 Å². The molecule has 0 amide bonds. The van der Waals surface area contributed by atoms with E-state index in [1.807, 2.05) is 37.3 Å². The van der Waals surface area contributed by atoms with Crippen molar-refractivity contribution in [3.05, 3.63) is 59.8 Å². The van der Waals surface area contributed by atoms with Crippen LogP contribution in [0.15, 0.2) is 54.7 Å². The maximum absolute atomic E-state index is 10.00. The largest absolute Gasteiger partial charge is 0.508 e. The Morgan fingerprint density at radius 3 is 2.76 bits per heavy atom. The van der Waals surface area contributed by atoms with Crippen molar-refractivity contribution in [1.82, 2.24) is 19.9 Å². The standard InChI is InChI=1S/C27H29ClN6O2S/c1-2-29-27-33-24(18-6-5-7-20(35)16-18)25(37-27)22-10-11-30-26(32-22)31-19-8-9-23(21(28)17-19)36-15-14-34-12-3-4-13-34/h5-11,16-17,35H,2-4,12-15H2,1H3,(H,29,33)(H,30,31,32). The molecule has 0 aliphatic carbocycles. The summed E-state index contributed by atoms with van der Waals surface area (Å²) in [6.07, 6.45) is 4.24. The SMILES string of the molecule is CCNc1nc(-c2cccc(O)c2)c(-c2ccnc(Nc3ccc(OCCN4CCCC4)c(Cl)c3)n2)s1. The summed E-state index contributed by atoms with van der Waals surface area (Å²) in [4.78, 5) is 17.2. The Hall–Kier alpha value is -3.40. The van der Waals surface area contributed by atoms with Gasteiger partial charge >= 0.3 is 0 Å². The minimum Gasteiger partial charge on any atom is -0.508 e. The number of aromatic nitrogens is 3. The van der Waals surface area contributed by atoms with Gasteiger partial charge in [-0.1, -0.05) is 35.1 Å². The normalized spacial score (nSPS) is 13.6. The fourth-order valence-electron chi connectivity index (χ4n) is 4.23. The molecule has 3 N–H and O–H groups in total. The van der Waals surface area contributed by atoms with Gasteiger partial charge in [0.05, 0.1) is 21.3 Å². The number of phenolic OH excluding ortho intramolecular Hbond substituents is 1. The average molecular weight is 537 g/mol. The van der Waals surface area contributed by atoms with E-state index in [0.717, 1.165) is 58.8 Å². The molecule has 1 aliphatic heterocycles. The third kappa shape index (κ3) is 6.30. The van der Waals surface area contributed by atoms with Crippen molar-refractivity contribution < 1.29 is 9.84 Å². The second-order valence-electron chi connectivity index (χ2n) is 8.71. The lowest BCUT2D eigenvalue weighted by Crippen LogP contribution is -2.25. The lowest BCUT2D eigenvalue weighted by atomic mass is 10.1. The molecule has 3 heterocycles. The van der Waals surface area contributed by atoms with Crippen LogP contribution in [0.3, 0.4) is 0 Å². The van der Waals surface area contributed by atoms with Crippen LogP contribution < -0.4 is 15.4 Å². The number of likely N-dealkylation sites (tertiary alicyclic amines) is 1. The number of hydrogen-bond acceptors (Lipinski definition) is 9. The third-order valence-electron chi connectivity index (χ3n) is 6.01. The zero-order valence-electron chi connectivity index (χ0n) is 20.6. The molecule has 1 saturated heterocycles. The van der Waals surface area contributed by atoms with E-state index in [1.165, 1.54) is 24.2 Å². The van der Waals surface area contributed by atoms with Gasteiger partial charge in [-0.2, -0.15) is 0 Å². The number of hydrogen-bond donors (Lipinski definition) is 3. The highest BCUT2D eigenvalue weighted by Gasteiger charge is 2.17. The van der Waals surface area contributed by atoms with E-state index < -0.39 is 0 Å². The Morgan fingerprint density at radius 2 is 1.97 bits per heavy atom. The number of nitrogens with zero attached hydrogens (tertiary/aromatic N) is 4. The minimum absolute atomic E-state index is 0.187. The lowest BCUT2D eigenvalue weighted by Gasteiger charge is -2.16. The first kappa shape index (κ1) is 25.3. The van der Waals surface area contributed by atoms with Gasteiger partial charge in [-0.3, -0.25) is 4.90 Å². The molecule has 0 atom stereocenters. The van der Waals surface area contributed by atoms with Gasteiger partial charge in [0.1, 0.15) is 18.1 Å². The zero-order chi connectivity index (χ0) is 25.6. The predicted octanol–water partition coefficient (Wildman–Crippen LogP) is 6.28. The van der Waals surface area contributed by atoms with Crippen molar-refractivity contribution in [2.45, 2.75) is 19.8 Å². The van der Waals surface area contributed by atoms with Crippen LogP contribution in [0.25, 0.3) is 21.8 Å². The summed E-state index contributed by atoms with van der Waals surface area (Å²) in [5, 5.41) is 17.8. The summed E-state index contributed by atoms with van der Waals surface area (Å²) in [5.41, 5.74) is 3.06. The topological polar surface area (TPSA) is 95.4 Å². The highest BCUT2D eigenvalue weighted by Crippen LogP contribution is 2.39. The molecule has 37 heavy (non-hydrogen) atoms. The number of thiazole rings is 1. The van der Waals surface area contributed by atoms with Crippen LogP contribution in [-0.2, 0) is 0 Å². The van der Waals surface area contributed by atoms with Gasteiger partial charge in [0.15, 0.2) is 5.13 Å². The zero-order valence-corrected chi connectivity index (χ0v) is 22.1. The highest BCUT2D eigenvalue weighted by molar-refractivity contribution is 7.19. The molecule has 1 aliphatic rings. The van der Waals surface area contributed by atoms with E-state index in [2.05, 4.69) is 20.5 Å². The molecule has 0 radical (unpaired) electrons. The van der Waals surface area contributed by atoms with Crippen molar-refractivity contribution >= 4 is 39.7 Å². The van der Waals surface area contributed by atoms with Gasteiger partial charge in [-0.25, -0.2) is 15.0 Å². The van der Waals surface area contributed by atoms with E-state index in [0.29, 0.717) is 23.3 Å². The number of phenols is 1. The summed E-state index contributed by atoms with van der Waals surface area (Å²) in [5.74, 6) is 1.29. The Morgan fingerprint density at radius 1 is 1.11 bits per heavy atom. The molecule has 0 saturated carbocycles. The lowest BCUT2D eigenvalue weighted by molar-refractivity contribution is 0.238. The van der Waals surface area contributed by atoms with Gasteiger partial charge in [0, 0.05) is 30.5 Å². The summed E-state index contributed by atoms with van der Waals surface area (Å²) >= 11 is 8.01. The fraction of sp³-hybridized carbons (Fsp3) is 0.296. The van der Waals surface area contributed by atoms with Gasteiger partial charge in [-0.15, -0.1) is 0 Å². The second kappa shape index (κ2) is 11.8. The molecule has 10 heteroatoms. The Bertz CT molecular complexity index is 1360. The van der Waals surface area contributed by atoms with Crippen LogP contribution in [0.4, 0.5) is 16.8 Å². The van der Waals surface area contributed by atoms with Gasteiger partial charge in [0.2, 0.25) is 5.95 Å². The maximum Gasteiger partial charge on any atom is 0.227 e. The first-order valence-electron chi connectivity index (χ1n) is 12.4. The van der Waals surface area contributed by atoms with E-state index in [-0.39, 0.29) is 5.75 Å². The molecule has 5 rings (SSSR count). The Labute approximate surface area is 225 Å².